The zero-order chi connectivity index (χ0) is 107. The molecule has 0 saturated heterocycles. The van der Waals surface area contributed by atoms with E-state index in [-0.39, 0.29) is 90.5 Å². The van der Waals surface area contributed by atoms with Crippen LogP contribution in [0.25, 0.3) is 55.6 Å². The van der Waals surface area contributed by atoms with Crippen LogP contribution < -0.4 is 15.6 Å². The van der Waals surface area contributed by atoms with Crippen molar-refractivity contribution in [1.29, 1.82) is 0 Å². The summed E-state index contributed by atoms with van der Waals surface area (Å²) in [5.74, 6) is 0. The van der Waals surface area contributed by atoms with Gasteiger partial charge in [0.25, 0.3) is 0 Å². The lowest BCUT2D eigenvalue weighted by Gasteiger charge is -2.44. The van der Waals surface area contributed by atoms with Crippen LogP contribution in [0.15, 0.2) is 358 Å². The predicted octanol–water partition coefficient (Wildman–Crippen LogP) is 36.1. The quantitative estimate of drug-likeness (QED) is 0.105. The van der Waals surface area contributed by atoms with Gasteiger partial charge >= 0.3 is 0 Å². The van der Waals surface area contributed by atoms with Gasteiger partial charge in [0.05, 0.1) is 12.3 Å². The number of benzene rings is 14. The maximum absolute atomic E-state index is 8.59. The minimum absolute atomic E-state index is 0.0280. The number of hydrogen-bond acceptors (Lipinski definition) is 0. The Morgan fingerprint density at radius 1 is 0.208 bits per heavy atom. The molecule has 0 aliphatic carbocycles. The van der Waals surface area contributed by atoms with Crippen molar-refractivity contribution in [1.82, 2.24) is 0 Å². The van der Waals surface area contributed by atoms with E-state index < -0.39 is 38.5 Å². The van der Waals surface area contributed by atoms with E-state index in [1.807, 2.05) is 60.6 Å². The van der Waals surface area contributed by atoms with Gasteiger partial charge in [-0.3, -0.25) is 0 Å². The van der Waals surface area contributed by atoms with Gasteiger partial charge in [0, 0.05) is 4.11 Å². The summed E-state index contributed by atoms with van der Waals surface area (Å²) in [7, 11) is -2.13. The van der Waals surface area contributed by atoms with Crippen LogP contribution in [0.4, 0.5) is 0 Å². The number of hydrogen-bond donors (Lipinski definition) is 0. The van der Waals surface area contributed by atoms with Gasteiger partial charge in [0.1, 0.15) is 0 Å². The zero-order valence-corrected chi connectivity index (χ0v) is 86.9. The molecular weight excluding hydrogens is 1580 g/mol. The molecule has 0 radical (unpaired) electrons. The normalized spacial score (nSPS) is 13.4. The van der Waals surface area contributed by atoms with E-state index in [9.17, 15) is 0 Å². The Kier molecular flexibility index (Phi) is 30.9. The molecule has 0 aliphatic heterocycles. The molecular formula is C129H164Si. The van der Waals surface area contributed by atoms with Crippen LogP contribution in [0.3, 0.4) is 0 Å². The predicted molar refractivity (Wildman–Crippen MR) is 583 cm³/mol. The summed E-state index contributed by atoms with van der Waals surface area (Å²) in [4.78, 5) is 0. The van der Waals surface area contributed by atoms with Gasteiger partial charge in [0.15, 0.2) is 8.07 Å². The summed E-state index contributed by atoms with van der Waals surface area (Å²) in [6.45, 7) is 72.7. The largest absolute Gasteiger partial charge is 0.153 e. The molecule has 0 aliphatic rings. The molecule has 0 saturated carbocycles. The fourth-order valence-corrected chi connectivity index (χ4v) is 22.8. The van der Waals surface area contributed by atoms with Crippen molar-refractivity contribution >= 4 is 23.6 Å². The highest BCUT2D eigenvalue weighted by atomic mass is 28.3. The van der Waals surface area contributed by atoms with Crippen LogP contribution in [-0.4, -0.2) is 8.07 Å². The first kappa shape index (κ1) is 88.6. The molecule has 0 atom stereocenters. The molecule has 1 heteroatoms. The number of aryl methyl sites for hydroxylation is 4. The Hall–Kier alpha value is -10.7. The second kappa shape index (κ2) is 45.4. The molecule has 0 unspecified atom stereocenters. The lowest BCUT2D eigenvalue weighted by Crippen LogP contribution is -2.72. The van der Waals surface area contributed by atoms with Crippen LogP contribution >= 0.6 is 0 Å². The van der Waals surface area contributed by atoms with Crippen molar-refractivity contribution in [2.75, 3.05) is 0 Å². The molecule has 0 aromatic heterocycles. The Bertz CT molecular complexity index is 6080. The van der Waals surface area contributed by atoms with Crippen molar-refractivity contribution in [2.24, 2.45) is 10.8 Å². The van der Waals surface area contributed by atoms with Gasteiger partial charge in [-0.25, -0.2) is 0 Å². The van der Waals surface area contributed by atoms with Gasteiger partial charge in [0.2, 0.25) is 0 Å². The van der Waals surface area contributed by atoms with E-state index in [0.29, 0.717) is 33.1 Å². The molecule has 0 fully saturated rings. The first-order valence-corrected chi connectivity index (χ1v) is 48.6. The molecule has 0 nitrogen and oxygen atoms in total. The van der Waals surface area contributed by atoms with Gasteiger partial charge in [-0.2, -0.15) is 0 Å². The average Bonchev–Trinajstić information content (AvgIpc) is 0.725. The van der Waals surface area contributed by atoms with Crippen molar-refractivity contribution in [3.05, 3.63) is 424 Å². The Morgan fingerprint density at radius 2 is 0.462 bits per heavy atom. The Morgan fingerprint density at radius 3 is 0.762 bits per heavy atom. The molecule has 14 aromatic carbocycles. The summed E-state index contributed by atoms with van der Waals surface area (Å²) in [6, 6.07) is 104. The Labute approximate surface area is 811 Å². The SMILES string of the molecule is CC(C)(C)C(C)(C)C.CC(C)(C)[Si](c1ccccc1)(c1ccccc1)c1ccccc1.CC(C)(C)c1c(-c2ccccc2)cccc1-c1ccccc1.CC(C)(C)c1ccccc1-c1ccccc1.CC(C)(C)c1ccccc1C(C)(C)C.Cc1cccc(C)c1C(C)(C)C.[2H]C([2H])([2H])c1cccc(C)c1C(C)(C)C.[2H]c1c([2H])c([2H])c(-c2cccc(-c3c([2H])c([2H])c([2H])c(C)c3[2H])c2C(C)(C)C)c([2H])c1[2H]. The van der Waals surface area contributed by atoms with E-state index >= 15 is 0 Å². The number of rotatable bonds is 8. The molecule has 0 amide bonds. The van der Waals surface area contributed by atoms with Crippen molar-refractivity contribution in [3.8, 4) is 55.6 Å². The first-order valence-electron chi connectivity index (χ1n) is 52.6. The first-order chi connectivity index (χ1) is 65.5. The highest BCUT2D eigenvalue weighted by molar-refractivity contribution is 7.13. The van der Waals surface area contributed by atoms with Crippen LogP contribution in [0.5, 0.6) is 0 Å². The van der Waals surface area contributed by atoms with Crippen LogP contribution in [-0.2, 0) is 37.9 Å². The topological polar surface area (TPSA) is 0 Å². The second-order valence-corrected chi connectivity index (χ2v) is 49.5. The third-order valence-electron chi connectivity index (χ3n) is 24.2. The van der Waals surface area contributed by atoms with E-state index in [0.717, 1.165) is 11.1 Å². The molecule has 0 heterocycles. The van der Waals surface area contributed by atoms with Gasteiger partial charge in [-0.1, -0.05) is 571 Å². The summed E-state index contributed by atoms with van der Waals surface area (Å²) < 4.78 is 96.7. The third-order valence-corrected chi connectivity index (χ3v) is 30.0. The molecule has 14 aromatic rings. The standard InChI is InChI=1S/C23H24.C22H24Si.C22H22.C16H18.C14H22.2C12H18.C8H18/c1-17-10-8-13-19(16-17)21-15-9-14-20(22(21)23(2,3)4)18-11-6-5-7-12-18;1-22(2,3)23(19-13-7-4-8-14-19,20-15-9-5-10-16-20)21-17-11-6-12-18-21;1-22(2,3)21-19(17-11-6-4-7-12-17)15-10-16-20(21)18-13-8-5-9-14-18;1-16(2,3)15-12-8-7-11-14(15)13-9-5-4-6-10-13;1-13(2,3)11-9-7-8-10-12(11)14(4,5)6;2*1-9-7-6-8-10(2)11(9)12(3,4)5;1-7(2,3)8(4,5)6/h5-16H,1-4H3;4-18H,1-3H3;4-16H,1-3H3;4-12H,1-3H3;7-10H,1-6H3;2*6-8H,1-5H3;1-6H3/i5D,6D,7D,8D,10D,11D,12D,13D,16D;;;;;1D3;;. The summed E-state index contributed by atoms with van der Waals surface area (Å²) in [6.07, 6.45) is 0. The third kappa shape index (κ3) is 29.7. The maximum atomic E-state index is 8.59. The van der Waals surface area contributed by atoms with Crippen LogP contribution in [0, 0.1) is 45.4 Å². The van der Waals surface area contributed by atoms with Gasteiger partial charge < -0.3 is 0 Å². The highest BCUT2D eigenvalue weighted by Crippen LogP contribution is 2.44. The summed E-state index contributed by atoms with van der Waals surface area (Å²) in [5, 5.41) is 4.59. The molecule has 130 heavy (non-hydrogen) atoms. The minimum atomic E-state index is -2.13. The van der Waals surface area contributed by atoms with E-state index in [1.165, 1.54) is 87.9 Å². The maximum Gasteiger partial charge on any atom is 0.153 e. The van der Waals surface area contributed by atoms with Crippen molar-refractivity contribution in [3.63, 3.8) is 0 Å². The van der Waals surface area contributed by atoms with Gasteiger partial charge in [-0.15, -0.1) is 0 Å². The Balaban J connectivity index is 0.000000227. The summed E-state index contributed by atoms with van der Waals surface area (Å²) in [5.41, 5.74) is 23.6. The second-order valence-electron chi connectivity index (χ2n) is 44.8. The van der Waals surface area contributed by atoms with Crippen LogP contribution in [0.2, 0.25) is 5.04 Å². The lowest BCUT2D eigenvalue weighted by atomic mass is 9.71. The van der Waals surface area contributed by atoms with Crippen LogP contribution in [0.1, 0.15) is 291 Å². The molecule has 14 rings (SSSR count). The van der Waals surface area contributed by atoms with E-state index in [4.69, 9.17) is 16.4 Å². The van der Waals surface area contributed by atoms with Crippen molar-refractivity contribution < 1.29 is 16.4 Å². The molecule has 0 spiro atoms. The minimum Gasteiger partial charge on any atom is -0.0624 e. The monoisotopic (exact) mass is 1750 g/mol. The highest BCUT2D eigenvalue weighted by Gasteiger charge is 2.49. The fraction of sp³-hybridized carbons (Fsp3) is 0.349. The summed E-state index contributed by atoms with van der Waals surface area (Å²) >= 11 is 0. The fourth-order valence-electron chi connectivity index (χ4n) is 17.1. The van der Waals surface area contributed by atoms with Crippen molar-refractivity contribution in [2.45, 2.75) is 285 Å². The van der Waals surface area contributed by atoms with Gasteiger partial charge in [-0.05, 0) is 221 Å². The average molecular weight is 1750 g/mol. The van der Waals surface area contributed by atoms with E-state index in [2.05, 4.69) is 447 Å². The zero-order valence-electron chi connectivity index (χ0n) is 97.9. The van der Waals surface area contributed by atoms with E-state index in [1.54, 1.807) is 31.2 Å². The molecule has 684 valence electrons. The lowest BCUT2D eigenvalue weighted by molar-refractivity contribution is 0.157. The molecule has 0 bridgehead atoms. The molecule has 0 N–H and O–H groups in total. The smallest absolute Gasteiger partial charge is 0.0624 e.